The van der Waals surface area contributed by atoms with Crippen LogP contribution < -0.4 is 4.72 Å². The maximum atomic E-state index is 12.9. The van der Waals surface area contributed by atoms with Crippen molar-refractivity contribution in [2.45, 2.75) is 18.7 Å². The minimum atomic E-state index is -3.79. The lowest BCUT2D eigenvalue weighted by Gasteiger charge is -2.11. The zero-order chi connectivity index (χ0) is 19.9. The fraction of sp³-hybridized carbons (Fsp3) is 0.100. The van der Waals surface area contributed by atoms with Gasteiger partial charge in [0.15, 0.2) is 0 Å². The Kier molecular flexibility index (Phi) is 4.82. The van der Waals surface area contributed by atoms with Crippen LogP contribution in [0.15, 0.2) is 59.8 Å². The molecule has 0 saturated carbocycles. The van der Waals surface area contributed by atoms with Crippen LogP contribution >= 0.6 is 22.9 Å². The van der Waals surface area contributed by atoms with E-state index >= 15 is 0 Å². The molecule has 0 spiro atoms. The largest absolute Gasteiger partial charge is 0.279 e. The number of fused-ring (bicyclic) bond motifs is 1. The molecule has 0 aliphatic rings. The summed E-state index contributed by atoms with van der Waals surface area (Å²) in [5.74, 6) is 0. The van der Waals surface area contributed by atoms with Crippen molar-refractivity contribution >= 4 is 48.9 Å². The molecule has 0 unspecified atom stereocenters. The van der Waals surface area contributed by atoms with Gasteiger partial charge in [-0.1, -0.05) is 23.7 Å². The van der Waals surface area contributed by atoms with Crippen molar-refractivity contribution in [2.75, 3.05) is 4.72 Å². The number of rotatable bonds is 4. The van der Waals surface area contributed by atoms with Gasteiger partial charge in [0.1, 0.15) is 4.83 Å². The number of hydrogen-bond acceptors (Lipinski definition) is 5. The molecule has 0 atom stereocenters. The number of pyridine rings is 2. The van der Waals surface area contributed by atoms with Crippen molar-refractivity contribution in [2.24, 2.45) is 0 Å². The molecule has 3 aromatic heterocycles. The minimum Gasteiger partial charge on any atom is -0.279 e. The average molecular weight is 430 g/mol. The van der Waals surface area contributed by atoms with E-state index in [4.69, 9.17) is 11.6 Å². The Labute approximate surface area is 172 Å². The highest BCUT2D eigenvalue weighted by Gasteiger charge is 2.20. The SMILES string of the molecule is Cc1cc(NS(=O)(=O)c2cccc(Cl)c2)c2c(C)c(-c3cccnc3)sc2n1. The van der Waals surface area contributed by atoms with Crippen molar-refractivity contribution in [3.8, 4) is 10.4 Å². The first-order valence-corrected chi connectivity index (χ1v) is 11.1. The maximum Gasteiger partial charge on any atom is 0.261 e. The van der Waals surface area contributed by atoms with E-state index in [1.807, 2.05) is 26.0 Å². The van der Waals surface area contributed by atoms with Crippen LogP contribution in [0.1, 0.15) is 11.3 Å². The molecule has 0 aliphatic carbocycles. The van der Waals surface area contributed by atoms with Crippen LogP contribution in [0.25, 0.3) is 20.7 Å². The Balaban J connectivity index is 1.87. The molecule has 0 bridgehead atoms. The predicted molar refractivity (Wildman–Crippen MR) is 115 cm³/mol. The van der Waals surface area contributed by atoms with Crippen LogP contribution in [0, 0.1) is 13.8 Å². The van der Waals surface area contributed by atoms with E-state index in [0.717, 1.165) is 31.9 Å². The summed E-state index contributed by atoms with van der Waals surface area (Å²) in [5.41, 5.74) is 3.18. The number of benzene rings is 1. The molecule has 0 fully saturated rings. The highest BCUT2D eigenvalue weighted by atomic mass is 35.5. The van der Waals surface area contributed by atoms with Gasteiger partial charge in [-0.2, -0.15) is 0 Å². The summed E-state index contributed by atoms with van der Waals surface area (Å²) >= 11 is 7.49. The number of anilines is 1. The van der Waals surface area contributed by atoms with Crippen molar-refractivity contribution in [1.82, 2.24) is 9.97 Å². The normalized spacial score (nSPS) is 11.7. The van der Waals surface area contributed by atoms with Gasteiger partial charge >= 0.3 is 0 Å². The lowest BCUT2D eigenvalue weighted by molar-refractivity contribution is 0.601. The predicted octanol–water partition coefficient (Wildman–Crippen LogP) is 5.43. The topological polar surface area (TPSA) is 72.0 Å². The molecule has 0 saturated heterocycles. The van der Waals surface area contributed by atoms with E-state index in [9.17, 15) is 8.42 Å². The fourth-order valence-corrected chi connectivity index (χ4v) is 5.66. The molecule has 4 rings (SSSR count). The maximum absolute atomic E-state index is 12.9. The van der Waals surface area contributed by atoms with Gasteiger partial charge in [-0.05, 0) is 49.7 Å². The summed E-state index contributed by atoms with van der Waals surface area (Å²) in [6.07, 6.45) is 3.51. The summed E-state index contributed by atoms with van der Waals surface area (Å²) in [5, 5.41) is 1.16. The van der Waals surface area contributed by atoms with Crippen molar-refractivity contribution in [3.63, 3.8) is 0 Å². The fourth-order valence-electron chi connectivity index (χ4n) is 3.06. The second-order valence-corrected chi connectivity index (χ2v) is 9.47. The van der Waals surface area contributed by atoms with Crippen LogP contribution in [-0.2, 0) is 10.0 Å². The van der Waals surface area contributed by atoms with Gasteiger partial charge in [0.2, 0.25) is 0 Å². The molecule has 0 amide bonds. The Hall–Kier alpha value is -2.48. The van der Waals surface area contributed by atoms with Gasteiger partial charge < -0.3 is 0 Å². The second kappa shape index (κ2) is 7.16. The Morgan fingerprint density at radius 3 is 2.64 bits per heavy atom. The molecule has 28 heavy (non-hydrogen) atoms. The number of thiophene rings is 1. The molecule has 3 heterocycles. The molecule has 4 aromatic rings. The molecule has 0 aliphatic heterocycles. The Bertz CT molecular complexity index is 1290. The number of halogens is 1. The van der Waals surface area contributed by atoms with Gasteiger partial charge in [-0.25, -0.2) is 13.4 Å². The molecule has 1 N–H and O–H groups in total. The number of nitrogens with zero attached hydrogens (tertiary/aromatic N) is 2. The van der Waals surface area contributed by atoms with Gasteiger partial charge in [-0.3, -0.25) is 9.71 Å². The van der Waals surface area contributed by atoms with Crippen LogP contribution in [0.2, 0.25) is 5.02 Å². The van der Waals surface area contributed by atoms with Crippen LogP contribution in [0.5, 0.6) is 0 Å². The third-order valence-corrected chi connectivity index (χ3v) is 7.14. The molecule has 0 radical (unpaired) electrons. The Morgan fingerprint density at radius 1 is 1.11 bits per heavy atom. The van der Waals surface area contributed by atoms with E-state index in [-0.39, 0.29) is 4.90 Å². The molecular weight excluding hydrogens is 414 g/mol. The van der Waals surface area contributed by atoms with Gasteiger partial charge in [0.05, 0.1) is 10.6 Å². The van der Waals surface area contributed by atoms with E-state index in [0.29, 0.717) is 10.7 Å². The van der Waals surface area contributed by atoms with Crippen LogP contribution in [0.4, 0.5) is 5.69 Å². The number of aromatic nitrogens is 2. The highest BCUT2D eigenvalue weighted by Crippen LogP contribution is 2.41. The van der Waals surface area contributed by atoms with Crippen LogP contribution in [-0.4, -0.2) is 18.4 Å². The number of hydrogen-bond donors (Lipinski definition) is 1. The first kappa shape index (κ1) is 18.9. The molecule has 8 heteroatoms. The quantitative estimate of drug-likeness (QED) is 0.469. The summed E-state index contributed by atoms with van der Waals surface area (Å²) in [6.45, 7) is 3.81. The monoisotopic (exact) mass is 429 g/mol. The van der Waals surface area contributed by atoms with E-state index in [1.54, 1.807) is 30.6 Å². The third-order valence-electron chi connectivity index (χ3n) is 4.30. The lowest BCUT2D eigenvalue weighted by atomic mass is 10.1. The summed E-state index contributed by atoms with van der Waals surface area (Å²) < 4.78 is 28.5. The van der Waals surface area contributed by atoms with Crippen molar-refractivity contribution in [3.05, 3.63) is 71.1 Å². The summed E-state index contributed by atoms with van der Waals surface area (Å²) in [7, 11) is -3.79. The van der Waals surface area contributed by atoms with E-state index < -0.39 is 10.0 Å². The number of sulfonamides is 1. The molecular formula is C20H16ClN3O2S2. The summed E-state index contributed by atoms with van der Waals surface area (Å²) in [4.78, 5) is 10.7. The van der Waals surface area contributed by atoms with Gasteiger partial charge in [-0.15, -0.1) is 11.3 Å². The minimum absolute atomic E-state index is 0.114. The van der Waals surface area contributed by atoms with E-state index in [2.05, 4.69) is 14.7 Å². The number of nitrogens with one attached hydrogen (secondary N) is 1. The average Bonchev–Trinajstić information content (AvgIpc) is 2.98. The zero-order valence-electron chi connectivity index (χ0n) is 15.1. The van der Waals surface area contributed by atoms with E-state index in [1.165, 1.54) is 23.5 Å². The first-order valence-electron chi connectivity index (χ1n) is 8.45. The molecule has 1 aromatic carbocycles. The summed E-state index contributed by atoms with van der Waals surface area (Å²) in [6, 6.07) is 11.8. The second-order valence-electron chi connectivity index (χ2n) is 6.35. The molecule has 142 valence electrons. The van der Waals surface area contributed by atoms with Crippen LogP contribution in [0.3, 0.4) is 0 Å². The van der Waals surface area contributed by atoms with Crippen molar-refractivity contribution < 1.29 is 8.42 Å². The molecule has 5 nitrogen and oxygen atoms in total. The third kappa shape index (κ3) is 3.48. The lowest BCUT2D eigenvalue weighted by Crippen LogP contribution is -2.13. The zero-order valence-corrected chi connectivity index (χ0v) is 17.5. The highest BCUT2D eigenvalue weighted by molar-refractivity contribution is 7.92. The number of aryl methyl sites for hydroxylation is 2. The van der Waals surface area contributed by atoms with Gasteiger partial charge in [0, 0.05) is 38.9 Å². The van der Waals surface area contributed by atoms with Crippen molar-refractivity contribution in [1.29, 1.82) is 0 Å². The first-order chi connectivity index (χ1) is 13.3. The Morgan fingerprint density at radius 2 is 1.93 bits per heavy atom. The van der Waals surface area contributed by atoms with Gasteiger partial charge in [0.25, 0.3) is 10.0 Å². The standard InChI is InChI=1S/C20H16ClN3O2S2/c1-12-9-17(24-28(25,26)16-7-3-6-15(21)10-16)18-13(2)19(27-20(18)23-12)14-5-4-8-22-11-14/h3-11H,1-2H3,(H,23,24). The smallest absolute Gasteiger partial charge is 0.261 e.